The van der Waals surface area contributed by atoms with E-state index in [-0.39, 0.29) is 6.04 Å². The maximum absolute atomic E-state index is 5.80. The molecule has 6 nitrogen and oxygen atoms in total. The molecule has 6 heteroatoms. The van der Waals surface area contributed by atoms with Gasteiger partial charge in [-0.2, -0.15) is 4.98 Å². The molecule has 0 unspecified atom stereocenters. The predicted octanol–water partition coefficient (Wildman–Crippen LogP) is 2.44. The number of anilines is 2. The topological polar surface area (TPSA) is 73.5 Å². The molecular formula is C16H18N4O2. The lowest BCUT2D eigenvalue weighted by Gasteiger charge is -2.26. The van der Waals surface area contributed by atoms with E-state index in [0.29, 0.717) is 12.7 Å². The van der Waals surface area contributed by atoms with E-state index < -0.39 is 0 Å². The number of aryl methyl sites for hydroxylation is 1. The molecule has 0 spiro atoms. The van der Waals surface area contributed by atoms with Gasteiger partial charge in [0.2, 0.25) is 12.7 Å². The van der Waals surface area contributed by atoms with Crippen molar-refractivity contribution in [2.45, 2.75) is 25.8 Å². The Morgan fingerprint density at radius 3 is 2.91 bits per heavy atom. The molecule has 2 aliphatic rings. The number of nitrogen functional groups attached to an aromatic ring is 1. The van der Waals surface area contributed by atoms with Crippen LogP contribution in [0.3, 0.4) is 0 Å². The summed E-state index contributed by atoms with van der Waals surface area (Å²) in [6, 6.07) is 8.43. The zero-order valence-electron chi connectivity index (χ0n) is 12.5. The molecular weight excluding hydrogens is 280 g/mol. The van der Waals surface area contributed by atoms with Crippen LogP contribution >= 0.6 is 0 Å². The average molecular weight is 298 g/mol. The highest BCUT2D eigenvalue weighted by molar-refractivity contribution is 5.51. The fourth-order valence-corrected chi connectivity index (χ4v) is 3.23. The fraction of sp³-hybridized carbons (Fsp3) is 0.375. The Hall–Kier alpha value is -2.50. The zero-order chi connectivity index (χ0) is 15.1. The first-order valence-electron chi connectivity index (χ1n) is 7.48. The van der Waals surface area contributed by atoms with Gasteiger partial charge in [0.15, 0.2) is 11.5 Å². The van der Waals surface area contributed by atoms with Crippen molar-refractivity contribution >= 4 is 11.8 Å². The van der Waals surface area contributed by atoms with Crippen LogP contribution in [0, 0.1) is 6.92 Å². The number of benzene rings is 1. The molecule has 0 amide bonds. The lowest BCUT2D eigenvalue weighted by atomic mass is 10.0. The van der Waals surface area contributed by atoms with Gasteiger partial charge in [-0.25, -0.2) is 4.98 Å². The number of rotatable bonds is 2. The van der Waals surface area contributed by atoms with Crippen molar-refractivity contribution in [3.63, 3.8) is 0 Å². The number of ether oxygens (including phenoxy) is 2. The highest BCUT2D eigenvalue weighted by atomic mass is 16.7. The molecule has 1 aromatic heterocycles. The van der Waals surface area contributed by atoms with Crippen LogP contribution in [0.1, 0.15) is 30.1 Å². The number of aromatic nitrogens is 2. The van der Waals surface area contributed by atoms with Gasteiger partial charge >= 0.3 is 0 Å². The van der Waals surface area contributed by atoms with Crippen molar-refractivity contribution in [3.8, 4) is 11.5 Å². The molecule has 22 heavy (non-hydrogen) atoms. The first-order chi connectivity index (χ1) is 10.7. The smallest absolute Gasteiger partial charge is 0.231 e. The second kappa shape index (κ2) is 5.05. The molecule has 3 heterocycles. The number of fused-ring (bicyclic) bond motifs is 1. The summed E-state index contributed by atoms with van der Waals surface area (Å²) >= 11 is 0. The summed E-state index contributed by atoms with van der Waals surface area (Å²) in [7, 11) is 0. The molecule has 114 valence electrons. The number of hydrogen-bond donors (Lipinski definition) is 1. The molecule has 2 aliphatic heterocycles. The summed E-state index contributed by atoms with van der Waals surface area (Å²) in [4.78, 5) is 10.8. The summed E-state index contributed by atoms with van der Waals surface area (Å²) in [6.45, 7) is 3.21. The van der Waals surface area contributed by atoms with Crippen molar-refractivity contribution in [3.05, 3.63) is 35.5 Å². The minimum Gasteiger partial charge on any atom is -0.454 e. The lowest BCUT2D eigenvalue weighted by molar-refractivity contribution is 0.174. The van der Waals surface area contributed by atoms with Gasteiger partial charge in [0.25, 0.3) is 0 Å². The van der Waals surface area contributed by atoms with Gasteiger partial charge in [0, 0.05) is 18.3 Å². The third kappa shape index (κ3) is 2.20. The molecule has 0 saturated carbocycles. The Labute approximate surface area is 128 Å². The monoisotopic (exact) mass is 298 g/mol. The van der Waals surface area contributed by atoms with Crippen molar-refractivity contribution in [2.24, 2.45) is 0 Å². The van der Waals surface area contributed by atoms with Crippen LogP contribution in [-0.2, 0) is 0 Å². The van der Waals surface area contributed by atoms with Gasteiger partial charge < -0.3 is 20.1 Å². The van der Waals surface area contributed by atoms with Crippen molar-refractivity contribution in [1.82, 2.24) is 9.97 Å². The average Bonchev–Trinajstić information content (AvgIpc) is 3.14. The summed E-state index contributed by atoms with van der Waals surface area (Å²) < 4.78 is 10.9. The van der Waals surface area contributed by atoms with E-state index in [9.17, 15) is 0 Å². The third-order valence-electron chi connectivity index (χ3n) is 4.19. The van der Waals surface area contributed by atoms with E-state index in [1.54, 1.807) is 0 Å². The Morgan fingerprint density at radius 1 is 1.18 bits per heavy atom. The molecule has 0 radical (unpaired) electrons. The number of nitrogens with two attached hydrogens (primary N) is 1. The Morgan fingerprint density at radius 2 is 2.05 bits per heavy atom. The van der Waals surface area contributed by atoms with E-state index in [0.717, 1.165) is 42.4 Å². The largest absolute Gasteiger partial charge is 0.454 e. The molecule has 2 N–H and O–H groups in total. The van der Waals surface area contributed by atoms with Crippen molar-refractivity contribution < 1.29 is 9.47 Å². The van der Waals surface area contributed by atoms with E-state index >= 15 is 0 Å². The molecule has 1 atom stereocenters. The normalized spacial score (nSPS) is 19.7. The van der Waals surface area contributed by atoms with E-state index in [1.807, 2.05) is 19.1 Å². The van der Waals surface area contributed by atoms with Crippen LogP contribution < -0.4 is 20.1 Å². The maximum atomic E-state index is 5.80. The summed E-state index contributed by atoms with van der Waals surface area (Å²) in [6.07, 6.45) is 2.21. The minimum atomic E-state index is 0.281. The Kier molecular flexibility index (Phi) is 3.03. The van der Waals surface area contributed by atoms with Crippen LogP contribution in [-0.4, -0.2) is 23.3 Å². The second-order valence-corrected chi connectivity index (χ2v) is 5.69. The quantitative estimate of drug-likeness (QED) is 0.918. The standard InChI is InChI=1S/C16H18N4O2/c1-10-7-15(19-16(17)18-10)20-6-2-3-12(20)11-4-5-13-14(8-11)22-9-21-13/h4-5,7-8,12H,2-3,6,9H2,1H3,(H2,17,18,19)/t12-/m1/s1. The zero-order valence-corrected chi connectivity index (χ0v) is 12.5. The van der Waals surface area contributed by atoms with E-state index in [2.05, 4.69) is 27.0 Å². The molecule has 1 aromatic carbocycles. The number of nitrogens with zero attached hydrogens (tertiary/aromatic N) is 3. The molecule has 1 fully saturated rings. The van der Waals surface area contributed by atoms with Crippen molar-refractivity contribution in [1.29, 1.82) is 0 Å². The molecule has 4 rings (SSSR count). The van der Waals surface area contributed by atoms with Gasteiger partial charge in [-0.05, 0) is 37.5 Å². The van der Waals surface area contributed by atoms with E-state index in [1.165, 1.54) is 5.56 Å². The summed E-state index contributed by atoms with van der Waals surface area (Å²) in [5.74, 6) is 2.86. The maximum Gasteiger partial charge on any atom is 0.231 e. The first kappa shape index (κ1) is 13.2. The van der Waals surface area contributed by atoms with Gasteiger partial charge in [0.1, 0.15) is 5.82 Å². The first-order valence-corrected chi connectivity index (χ1v) is 7.48. The molecule has 0 aliphatic carbocycles. The summed E-state index contributed by atoms with van der Waals surface area (Å²) in [5, 5.41) is 0. The Bertz CT molecular complexity index is 699. The van der Waals surface area contributed by atoms with Gasteiger partial charge in [0.05, 0.1) is 6.04 Å². The fourth-order valence-electron chi connectivity index (χ4n) is 3.23. The van der Waals surface area contributed by atoms with E-state index in [4.69, 9.17) is 15.2 Å². The SMILES string of the molecule is Cc1cc(N2CCC[C@@H]2c2ccc3c(c2)OCO3)nc(N)n1. The van der Waals surface area contributed by atoms with Crippen molar-refractivity contribution in [2.75, 3.05) is 24.0 Å². The highest BCUT2D eigenvalue weighted by Crippen LogP contribution is 2.40. The minimum absolute atomic E-state index is 0.281. The number of hydrogen-bond acceptors (Lipinski definition) is 6. The van der Waals surface area contributed by atoms with Crippen LogP contribution in [0.4, 0.5) is 11.8 Å². The molecule has 0 bridgehead atoms. The highest BCUT2D eigenvalue weighted by Gasteiger charge is 2.29. The van der Waals surface area contributed by atoms with Gasteiger partial charge in [-0.1, -0.05) is 6.07 Å². The van der Waals surface area contributed by atoms with Crippen LogP contribution in [0.2, 0.25) is 0 Å². The Balaban J connectivity index is 1.69. The van der Waals surface area contributed by atoms with Gasteiger partial charge in [-0.3, -0.25) is 0 Å². The summed E-state index contributed by atoms with van der Waals surface area (Å²) in [5.41, 5.74) is 7.91. The molecule has 2 aromatic rings. The third-order valence-corrected chi connectivity index (χ3v) is 4.19. The molecule has 1 saturated heterocycles. The lowest BCUT2D eigenvalue weighted by Crippen LogP contribution is -2.24. The van der Waals surface area contributed by atoms with Crippen LogP contribution in [0.5, 0.6) is 11.5 Å². The van der Waals surface area contributed by atoms with Crippen LogP contribution in [0.25, 0.3) is 0 Å². The van der Waals surface area contributed by atoms with Crippen LogP contribution in [0.15, 0.2) is 24.3 Å². The predicted molar refractivity (Wildman–Crippen MR) is 83.1 cm³/mol. The second-order valence-electron chi connectivity index (χ2n) is 5.69. The van der Waals surface area contributed by atoms with Gasteiger partial charge in [-0.15, -0.1) is 0 Å².